The SMILES string of the molecule is CC(C)S(=O)(=O)N1CC(OC2CCNCC2)C1. The minimum absolute atomic E-state index is 0.103. The molecule has 0 aliphatic carbocycles. The summed E-state index contributed by atoms with van der Waals surface area (Å²) in [5, 5.41) is 2.95. The topological polar surface area (TPSA) is 58.6 Å². The largest absolute Gasteiger partial charge is 0.372 e. The third-order valence-corrected chi connectivity index (χ3v) is 5.65. The van der Waals surface area contributed by atoms with Gasteiger partial charge in [-0.3, -0.25) is 0 Å². The number of nitrogens with one attached hydrogen (secondary N) is 1. The van der Waals surface area contributed by atoms with Crippen LogP contribution >= 0.6 is 0 Å². The van der Waals surface area contributed by atoms with Gasteiger partial charge in [0.1, 0.15) is 0 Å². The van der Waals surface area contributed by atoms with E-state index in [1.54, 1.807) is 13.8 Å². The minimum atomic E-state index is -3.07. The number of rotatable bonds is 4. The van der Waals surface area contributed by atoms with Crippen LogP contribution in [0.5, 0.6) is 0 Å². The zero-order valence-electron chi connectivity index (χ0n) is 10.6. The molecule has 17 heavy (non-hydrogen) atoms. The number of piperidine rings is 1. The van der Waals surface area contributed by atoms with Crippen LogP contribution in [0.1, 0.15) is 26.7 Å². The van der Waals surface area contributed by atoms with Crippen molar-refractivity contribution in [2.24, 2.45) is 0 Å². The Morgan fingerprint density at radius 3 is 2.29 bits per heavy atom. The van der Waals surface area contributed by atoms with Crippen molar-refractivity contribution >= 4 is 10.0 Å². The molecule has 2 fully saturated rings. The van der Waals surface area contributed by atoms with Crippen molar-refractivity contribution in [3.63, 3.8) is 0 Å². The van der Waals surface area contributed by atoms with Gasteiger partial charge in [0.2, 0.25) is 10.0 Å². The van der Waals surface area contributed by atoms with E-state index < -0.39 is 10.0 Å². The predicted molar refractivity (Wildman–Crippen MR) is 66.4 cm³/mol. The minimum Gasteiger partial charge on any atom is -0.372 e. The van der Waals surface area contributed by atoms with Crippen LogP contribution < -0.4 is 5.32 Å². The van der Waals surface area contributed by atoms with Crippen molar-refractivity contribution in [2.45, 2.75) is 44.1 Å². The van der Waals surface area contributed by atoms with Gasteiger partial charge in [-0.05, 0) is 39.8 Å². The van der Waals surface area contributed by atoms with E-state index in [0.717, 1.165) is 25.9 Å². The smallest absolute Gasteiger partial charge is 0.216 e. The maximum Gasteiger partial charge on any atom is 0.216 e. The van der Waals surface area contributed by atoms with Gasteiger partial charge < -0.3 is 10.1 Å². The fraction of sp³-hybridized carbons (Fsp3) is 1.00. The molecule has 0 aromatic rings. The molecule has 2 aliphatic rings. The maximum absolute atomic E-state index is 11.8. The quantitative estimate of drug-likeness (QED) is 0.785. The van der Waals surface area contributed by atoms with Gasteiger partial charge in [-0.1, -0.05) is 0 Å². The Hall–Kier alpha value is -0.170. The van der Waals surface area contributed by atoms with Crippen LogP contribution in [0.15, 0.2) is 0 Å². The van der Waals surface area contributed by atoms with Crippen molar-refractivity contribution in [1.29, 1.82) is 0 Å². The second kappa shape index (κ2) is 5.22. The average molecular weight is 262 g/mol. The molecule has 0 atom stereocenters. The first-order chi connectivity index (χ1) is 8.00. The third-order valence-electron chi connectivity index (χ3n) is 3.44. The second-order valence-corrected chi connectivity index (χ2v) is 7.61. The lowest BCUT2D eigenvalue weighted by Gasteiger charge is -2.41. The zero-order chi connectivity index (χ0) is 12.5. The van der Waals surface area contributed by atoms with Gasteiger partial charge >= 0.3 is 0 Å². The summed E-state index contributed by atoms with van der Waals surface area (Å²) < 4.78 is 31.0. The van der Waals surface area contributed by atoms with E-state index >= 15 is 0 Å². The van der Waals surface area contributed by atoms with E-state index in [0.29, 0.717) is 19.2 Å². The molecule has 0 unspecified atom stereocenters. The summed E-state index contributed by atoms with van der Waals surface area (Å²) >= 11 is 0. The Labute approximate surface area is 104 Å². The summed E-state index contributed by atoms with van der Waals surface area (Å²) in [5.41, 5.74) is 0. The third kappa shape index (κ3) is 2.99. The fourth-order valence-corrected chi connectivity index (χ4v) is 3.54. The highest BCUT2D eigenvalue weighted by molar-refractivity contribution is 7.89. The first-order valence-corrected chi connectivity index (χ1v) is 7.85. The molecule has 0 saturated carbocycles. The summed E-state index contributed by atoms with van der Waals surface area (Å²) in [7, 11) is -3.07. The Balaban J connectivity index is 1.75. The molecule has 0 aromatic carbocycles. The standard InChI is InChI=1S/C11H22N2O3S/c1-9(2)17(14,15)13-7-11(8-13)16-10-3-5-12-6-4-10/h9-12H,3-8H2,1-2H3. The molecule has 0 bridgehead atoms. The zero-order valence-corrected chi connectivity index (χ0v) is 11.4. The van der Waals surface area contributed by atoms with E-state index in [1.165, 1.54) is 4.31 Å². The highest BCUT2D eigenvalue weighted by atomic mass is 32.2. The Kier molecular flexibility index (Phi) is 4.07. The molecule has 0 spiro atoms. The summed E-state index contributed by atoms with van der Waals surface area (Å²) in [6, 6.07) is 0. The highest BCUT2D eigenvalue weighted by Gasteiger charge is 2.38. The summed E-state index contributed by atoms with van der Waals surface area (Å²) in [6.45, 7) is 6.51. The normalized spacial score (nSPS) is 25.1. The second-order valence-electron chi connectivity index (χ2n) is 5.12. The summed E-state index contributed by atoms with van der Waals surface area (Å²) in [5.74, 6) is 0. The van der Waals surface area contributed by atoms with Crippen molar-refractivity contribution < 1.29 is 13.2 Å². The van der Waals surface area contributed by atoms with Crippen molar-refractivity contribution in [2.75, 3.05) is 26.2 Å². The average Bonchev–Trinajstić information content (AvgIpc) is 2.23. The van der Waals surface area contributed by atoms with Crippen molar-refractivity contribution in [3.05, 3.63) is 0 Å². The summed E-state index contributed by atoms with van der Waals surface area (Å²) in [4.78, 5) is 0. The monoisotopic (exact) mass is 262 g/mol. The van der Waals surface area contributed by atoms with Crippen LogP contribution in [0.4, 0.5) is 0 Å². The molecule has 2 heterocycles. The number of ether oxygens (including phenoxy) is 1. The highest BCUT2D eigenvalue weighted by Crippen LogP contribution is 2.22. The molecule has 1 N–H and O–H groups in total. The van der Waals surface area contributed by atoms with E-state index in [9.17, 15) is 8.42 Å². The Morgan fingerprint density at radius 1 is 1.18 bits per heavy atom. The predicted octanol–water partition coefficient (Wildman–Crippen LogP) is 0.177. The number of hydrogen-bond donors (Lipinski definition) is 1. The first kappa shape index (κ1) is 13.3. The van der Waals surface area contributed by atoms with Gasteiger partial charge in [-0.2, -0.15) is 4.31 Å². The van der Waals surface area contributed by atoms with E-state index in [4.69, 9.17) is 4.74 Å². The van der Waals surface area contributed by atoms with Crippen molar-refractivity contribution in [1.82, 2.24) is 9.62 Å². The molecular weight excluding hydrogens is 240 g/mol. The summed E-state index contributed by atoms with van der Waals surface area (Å²) in [6.07, 6.45) is 2.48. The molecule has 2 aliphatic heterocycles. The number of nitrogens with zero attached hydrogens (tertiary/aromatic N) is 1. The first-order valence-electron chi connectivity index (χ1n) is 6.35. The van der Waals surface area contributed by atoms with Gasteiger partial charge in [0.15, 0.2) is 0 Å². The Bertz CT molecular complexity index is 344. The van der Waals surface area contributed by atoms with Crippen LogP contribution in [0.3, 0.4) is 0 Å². The maximum atomic E-state index is 11.8. The molecular formula is C11H22N2O3S. The molecule has 0 amide bonds. The van der Waals surface area contributed by atoms with Crippen LogP contribution in [-0.4, -0.2) is 56.4 Å². The number of sulfonamides is 1. The molecule has 100 valence electrons. The lowest BCUT2D eigenvalue weighted by atomic mass is 10.1. The molecule has 6 heteroatoms. The van der Waals surface area contributed by atoms with Crippen LogP contribution in [0, 0.1) is 0 Å². The van der Waals surface area contributed by atoms with E-state index in [-0.39, 0.29) is 11.4 Å². The van der Waals surface area contributed by atoms with Crippen LogP contribution in [-0.2, 0) is 14.8 Å². The molecule has 0 radical (unpaired) electrons. The lowest BCUT2D eigenvalue weighted by Crippen LogP contribution is -2.57. The van der Waals surface area contributed by atoms with Crippen molar-refractivity contribution in [3.8, 4) is 0 Å². The van der Waals surface area contributed by atoms with Gasteiger partial charge in [0.25, 0.3) is 0 Å². The Morgan fingerprint density at radius 2 is 1.76 bits per heavy atom. The molecule has 2 saturated heterocycles. The van der Waals surface area contributed by atoms with Crippen LogP contribution in [0.2, 0.25) is 0 Å². The lowest BCUT2D eigenvalue weighted by molar-refractivity contribution is -0.0755. The van der Waals surface area contributed by atoms with E-state index in [1.807, 2.05) is 0 Å². The molecule has 2 rings (SSSR count). The van der Waals surface area contributed by atoms with Gasteiger partial charge in [0.05, 0.1) is 17.5 Å². The van der Waals surface area contributed by atoms with Gasteiger partial charge in [0, 0.05) is 13.1 Å². The number of hydrogen-bond acceptors (Lipinski definition) is 4. The molecule has 0 aromatic heterocycles. The molecule has 5 nitrogen and oxygen atoms in total. The van der Waals surface area contributed by atoms with E-state index in [2.05, 4.69) is 5.32 Å². The van der Waals surface area contributed by atoms with Crippen LogP contribution in [0.25, 0.3) is 0 Å². The van der Waals surface area contributed by atoms with Gasteiger partial charge in [-0.15, -0.1) is 0 Å². The fourth-order valence-electron chi connectivity index (χ4n) is 2.20. The van der Waals surface area contributed by atoms with Gasteiger partial charge in [-0.25, -0.2) is 8.42 Å².